The fraction of sp³-hybridized carbons (Fsp3) is 0.514. The number of ether oxygens (including phenoxy) is 1. The Hall–Kier alpha value is -6.39. The first-order chi connectivity index (χ1) is 30.5. The highest BCUT2D eigenvalue weighted by Crippen LogP contribution is 2.39. The third-order valence-corrected chi connectivity index (χ3v) is 9.18. The van der Waals surface area contributed by atoms with Gasteiger partial charge in [-0.1, -0.05) is 0 Å². The fourth-order valence-corrected chi connectivity index (χ4v) is 6.14. The van der Waals surface area contributed by atoms with Gasteiger partial charge in [0.2, 0.25) is 11.7 Å². The van der Waals surface area contributed by atoms with E-state index in [2.05, 4.69) is 46.3 Å². The number of carboxylic acids is 3. The molecule has 1 unspecified atom stereocenters. The fourth-order valence-electron chi connectivity index (χ4n) is 6.14. The molecule has 2 aliphatic rings. The molecule has 0 bridgehead atoms. The van der Waals surface area contributed by atoms with E-state index in [-0.39, 0.29) is 36.8 Å². The monoisotopic (exact) mass is 968 g/mol. The molecule has 66 heavy (non-hydrogen) atoms. The summed E-state index contributed by atoms with van der Waals surface area (Å²) in [5, 5.41) is 57.7. The number of fused-ring (bicyclic) bond motifs is 1. The summed E-state index contributed by atoms with van der Waals surface area (Å²) in [6, 6.07) is 5.86. The number of hydrogen-bond acceptors (Lipinski definition) is 14. The minimum Gasteiger partial charge on any atom is -0.475 e. The average Bonchev–Trinajstić information content (AvgIpc) is 3.90. The van der Waals surface area contributed by atoms with E-state index in [0.717, 1.165) is 35.1 Å². The Morgan fingerprint density at radius 1 is 0.909 bits per heavy atom. The third-order valence-electron chi connectivity index (χ3n) is 9.18. The van der Waals surface area contributed by atoms with Crippen molar-refractivity contribution in [3.8, 4) is 23.2 Å². The number of H-pyrrole nitrogens is 1. The zero-order valence-corrected chi connectivity index (χ0v) is 33.2. The van der Waals surface area contributed by atoms with Gasteiger partial charge in [-0.25, -0.2) is 29.3 Å². The van der Waals surface area contributed by atoms with E-state index in [9.17, 15) is 63.1 Å². The van der Waals surface area contributed by atoms with Crippen LogP contribution >= 0.6 is 0 Å². The topological polar surface area (TPSA) is 286 Å². The highest BCUT2D eigenvalue weighted by molar-refractivity contribution is 5.90. The zero-order valence-electron chi connectivity index (χ0n) is 33.2. The first kappa shape index (κ1) is 53.9. The van der Waals surface area contributed by atoms with E-state index < -0.39 is 66.7 Å². The van der Waals surface area contributed by atoms with Crippen molar-refractivity contribution < 1.29 is 97.3 Å². The number of halogens is 12. The van der Waals surface area contributed by atoms with E-state index in [1.165, 1.54) is 12.4 Å². The number of aliphatic carboxylic acids is 3. The second-order valence-corrected chi connectivity index (χ2v) is 14.0. The highest BCUT2D eigenvalue weighted by Gasteiger charge is 2.48. The van der Waals surface area contributed by atoms with Gasteiger partial charge in [0, 0.05) is 61.6 Å². The van der Waals surface area contributed by atoms with E-state index in [4.69, 9.17) is 39.5 Å². The first-order valence-corrected chi connectivity index (χ1v) is 18.5. The quantitative estimate of drug-likeness (QED) is 0.103. The molecule has 1 saturated carbocycles. The number of nitrogens with one attached hydrogen (secondary N) is 2. The Balaban J connectivity index is 0.000000457. The van der Waals surface area contributed by atoms with Crippen molar-refractivity contribution in [2.45, 2.75) is 87.1 Å². The van der Waals surface area contributed by atoms with Crippen LogP contribution < -0.4 is 10.1 Å². The van der Waals surface area contributed by atoms with Gasteiger partial charge in [0.25, 0.3) is 0 Å². The van der Waals surface area contributed by atoms with Crippen LogP contribution in [0.2, 0.25) is 0 Å². The molecule has 1 atom stereocenters. The van der Waals surface area contributed by atoms with Crippen LogP contribution in [0.4, 0.5) is 52.7 Å². The molecule has 5 heterocycles. The molecule has 6 rings (SSSR count). The molecule has 364 valence electrons. The number of alkyl halides is 12. The van der Waals surface area contributed by atoms with Gasteiger partial charge >= 0.3 is 42.6 Å². The number of likely N-dealkylation sites (tertiary alicyclic amines) is 1. The van der Waals surface area contributed by atoms with Crippen LogP contribution in [0.15, 0.2) is 37.1 Å². The van der Waals surface area contributed by atoms with Crippen LogP contribution in [0.1, 0.15) is 43.6 Å². The Morgan fingerprint density at radius 3 is 1.97 bits per heavy atom. The predicted octanol–water partition coefficient (Wildman–Crippen LogP) is 4.29. The molecule has 0 spiro atoms. The van der Waals surface area contributed by atoms with Crippen LogP contribution in [0.25, 0.3) is 22.3 Å². The average molecular weight is 969 g/mol. The Kier molecular flexibility index (Phi) is 18.1. The number of carbonyl (C=O) groups is 3. The van der Waals surface area contributed by atoms with Gasteiger partial charge < -0.3 is 40.6 Å². The largest absolute Gasteiger partial charge is 0.490 e. The van der Waals surface area contributed by atoms with E-state index in [1.54, 1.807) is 6.20 Å². The molecule has 19 nitrogen and oxygen atoms in total. The summed E-state index contributed by atoms with van der Waals surface area (Å²) in [6.07, 6.45) is -11.2. The second-order valence-electron chi connectivity index (χ2n) is 14.0. The maximum Gasteiger partial charge on any atom is 0.490 e. The van der Waals surface area contributed by atoms with Gasteiger partial charge in [-0.3, -0.25) is 9.58 Å². The summed E-state index contributed by atoms with van der Waals surface area (Å²) in [5.41, 5.74) is 1.96. The summed E-state index contributed by atoms with van der Waals surface area (Å²) >= 11 is 0. The van der Waals surface area contributed by atoms with Crippen LogP contribution in [-0.2, 0) is 32.6 Å². The Bertz CT molecular complexity index is 2230. The molecule has 31 heteroatoms. The van der Waals surface area contributed by atoms with Gasteiger partial charge in [-0.05, 0) is 31.7 Å². The number of aromatic amines is 1. The molecule has 2 fully saturated rings. The van der Waals surface area contributed by atoms with E-state index in [0.29, 0.717) is 32.4 Å². The van der Waals surface area contributed by atoms with Gasteiger partial charge in [-0.2, -0.15) is 68.0 Å². The molecule has 0 aromatic carbocycles. The summed E-state index contributed by atoms with van der Waals surface area (Å²) in [5.74, 6) is -9.71. The summed E-state index contributed by atoms with van der Waals surface area (Å²) in [6.45, 7) is 0.782. The Morgan fingerprint density at radius 2 is 1.47 bits per heavy atom. The predicted molar refractivity (Wildman–Crippen MR) is 194 cm³/mol. The minimum absolute atomic E-state index is 0.00516. The van der Waals surface area contributed by atoms with Crippen molar-refractivity contribution in [2.75, 3.05) is 26.2 Å². The van der Waals surface area contributed by atoms with Crippen molar-refractivity contribution in [1.82, 2.24) is 44.9 Å². The number of rotatable bonds is 11. The molecule has 7 N–H and O–H groups in total. The Labute approximate surface area is 361 Å². The van der Waals surface area contributed by atoms with Crippen molar-refractivity contribution in [2.24, 2.45) is 0 Å². The third kappa shape index (κ3) is 15.7. The van der Waals surface area contributed by atoms with Gasteiger partial charge in [-0.15, -0.1) is 0 Å². The van der Waals surface area contributed by atoms with Crippen molar-refractivity contribution in [3.63, 3.8) is 0 Å². The smallest absolute Gasteiger partial charge is 0.475 e. The lowest BCUT2D eigenvalue weighted by atomic mass is 9.82. The van der Waals surface area contributed by atoms with Gasteiger partial charge in [0.15, 0.2) is 0 Å². The molecule has 1 aliphatic heterocycles. The van der Waals surface area contributed by atoms with Crippen LogP contribution in [0, 0.1) is 11.3 Å². The first-order valence-electron chi connectivity index (χ1n) is 18.5. The van der Waals surface area contributed by atoms with E-state index in [1.807, 2.05) is 23.1 Å². The molecule has 4 aromatic heterocycles. The molecule has 1 aliphatic carbocycles. The molecule has 0 radical (unpaired) electrons. The lowest BCUT2D eigenvalue weighted by molar-refractivity contribution is -0.193. The molecule has 1 saturated heterocycles. The maximum atomic E-state index is 13.5. The number of nitriles is 1. The van der Waals surface area contributed by atoms with Crippen LogP contribution in [0.5, 0.6) is 5.88 Å². The molecule has 0 amide bonds. The minimum atomic E-state index is -5.08. The van der Waals surface area contributed by atoms with Crippen LogP contribution in [0.3, 0.4) is 0 Å². The molecular weight excluding hydrogens is 932 g/mol. The second kappa shape index (κ2) is 22.2. The SMILES string of the molecule is N#CCC1(n2cc(-c3ncnc4[nH]ccc34)cn2)CN(C2CCC(Oc3cc(CNCC(O)CO)nc(C(F)(F)F)n3)CC2)C1.O=C(O)C(F)(F)F.O=C(O)C(F)(F)F.O=C(O)C(F)(F)F. The number of aromatic nitrogens is 7. The standard InChI is InChI=1S/C29H33F3N10O3.3C2HF3O2/c30-29(31,32)27-39-19(11-34-12-21(44)14-43)9-24(40-27)45-22-3-1-20(2-4-22)41-15-28(16-41,6-7-33)42-13-18(10-38-42)25-23-5-8-35-26(23)37-17-36-25;3*3-2(4,5)1(6)7/h5,8-10,13,17,20-22,34,43-44H,1-4,6,11-12,14-16H2,(H,35,36,37);3*(H,6,7). The number of aliphatic hydroxyl groups is 2. The maximum absolute atomic E-state index is 13.5. The normalized spacial score (nSPS) is 17.8. The molecular formula is C35H36F12N10O9. The summed E-state index contributed by atoms with van der Waals surface area (Å²) in [7, 11) is 0. The van der Waals surface area contributed by atoms with Crippen LogP contribution in [-0.4, -0.2) is 146 Å². The zero-order chi connectivity index (χ0) is 49.8. The van der Waals surface area contributed by atoms with Crippen molar-refractivity contribution in [3.05, 3.63) is 48.6 Å². The number of aliphatic hydroxyl groups excluding tert-OH is 2. The number of carboxylic acid groups (broad SMARTS) is 3. The van der Waals surface area contributed by atoms with Gasteiger partial charge in [0.05, 0.1) is 42.8 Å². The number of nitrogens with zero attached hydrogens (tertiary/aromatic N) is 8. The van der Waals surface area contributed by atoms with E-state index >= 15 is 0 Å². The summed E-state index contributed by atoms with van der Waals surface area (Å²) < 4.78 is 143. The summed E-state index contributed by atoms with van der Waals surface area (Å²) in [4.78, 5) is 48.0. The van der Waals surface area contributed by atoms with Gasteiger partial charge in [0.1, 0.15) is 23.6 Å². The molecule has 4 aromatic rings. The van der Waals surface area contributed by atoms with Crippen molar-refractivity contribution >= 4 is 28.9 Å². The highest BCUT2D eigenvalue weighted by atomic mass is 19.4. The lowest BCUT2D eigenvalue weighted by Gasteiger charge is -2.53. The van der Waals surface area contributed by atoms with Crippen molar-refractivity contribution in [1.29, 1.82) is 5.26 Å². The lowest BCUT2D eigenvalue weighted by Crippen LogP contribution is -2.65. The number of hydrogen-bond donors (Lipinski definition) is 7.